The quantitative estimate of drug-likeness (QED) is 0.324. The van der Waals surface area contributed by atoms with Crippen LogP contribution in [0.15, 0.2) is 78.4 Å². The minimum atomic E-state index is -0.421. The molecule has 0 bridgehead atoms. The van der Waals surface area contributed by atoms with Crippen molar-refractivity contribution in [2.24, 2.45) is 0 Å². The predicted octanol–water partition coefficient (Wildman–Crippen LogP) is 5.79. The Morgan fingerprint density at radius 1 is 0.939 bits per heavy atom. The normalized spacial score (nSPS) is 14.1. The van der Waals surface area contributed by atoms with Crippen LogP contribution in [-0.4, -0.2) is 19.7 Å². The van der Waals surface area contributed by atoms with Crippen LogP contribution in [0.5, 0.6) is 17.2 Å². The van der Waals surface area contributed by atoms with Crippen LogP contribution < -0.4 is 14.2 Å². The number of hydrogen-bond donors (Lipinski definition) is 0. The fraction of sp³-hybridized carbons (Fsp3) is 0.148. The lowest BCUT2D eigenvalue weighted by atomic mass is 10.1. The monoisotopic (exact) mass is 446 g/mol. The highest BCUT2D eigenvalue weighted by atomic mass is 19.1. The lowest BCUT2D eigenvalue weighted by Crippen LogP contribution is -2.00. The van der Waals surface area contributed by atoms with Gasteiger partial charge in [-0.25, -0.2) is 9.18 Å². The van der Waals surface area contributed by atoms with Crippen LogP contribution in [0.25, 0.3) is 11.8 Å². The number of cyclic esters (lactones) is 1. The van der Waals surface area contributed by atoms with Gasteiger partial charge >= 0.3 is 5.97 Å². The Kier molecular flexibility index (Phi) is 6.74. The number of halogens is 1. The number of carbonyl (C=O) groups excluding carboxylic acids is 1. The first-order valence-corrected chi connectivity index (χ1v) is 10.5. The van der Waals surface area contributed by atoms with Gasteiger partial charge in [-0.3, -0.25) is 0 Å². The van der Waals surface area contributed by atoms with E-state index in [0.717, 1.165) is 22.4 Å². The molecule has 33 heavy (non-hydrogen) atoms. The van der Waals surface area contributed by atoms with Crippen LogP contribution in [-0.2, 0) is 16.1 Å². The van der Waals surface area contributed by atoms with Crippen LogP contribution in [0.2, 0.25) is 0 Å². The van der Waals surface area contributed by atoms with E-state index in [1.54, 1.807) is 37.5 Å². The number of esters is 1. The van der Waals surface area contributed by atoms with E-state index < -0.39 is 5.97 Å². The Morgan fingerprint density at radius 3 is 2.39 bits per heavy atom. The van der Waals surface area contributed by atoms with Gasteiger partial charge in [-0.05, 0) is 78.7 Å². The van der Waals surface area contributed by atoms with Gasteiger partial charge < -0.3 is 18.9 Å². The smallest absolute Gasteiger partial charge is 0.343 e. The lowest BCUT2D eigenvalue weighted by Gasteiger charge is -2.13. The van der Waals surface area contributed by atoms with E-state index in [4.69, 9.17) is 18.9 Å². The summed E-state index contributed by atoms with van der Waals surface area (Å²) in [4.78, 5) is 12.4. The van der Waals surface area contributed by atoms with Crippen molar-refractivity contribution in [2.75, 3.05) is 13.7 Å². The van der Waals surface area contributed by atoms with Gasteiger partial charge in [-0.15, -0.1) is 0 Å². The van der Waals surface area contributed by atoms with Gasteiger partial charge in [-0.1, -0.05) is 18.2 Å². The molecule has 0 unspecified atom stereocenters. The van der Waals surface area contributed by atoms with Gasteiger partial charge in [0.15, 0.2) is 11.5 Å². The van der Waals surface area contributed by atoms with Gasteiger partial charge in [0, 0.05) is 5.56 Å². The first kappa shape index (κ1) is 22.1. The number of benzene rings is 3. The van der Waals surface area contributed by atoms with Crippen LogP contribution in [0, 0.1) is 5.82 Å². The third-order valence-electron chi connectivity index (χ3n) is 5.00. The summed E-state index contributed by atoms with van der Waals surface area (Å²) >= 11 is 0. The topological polar surface area (TPSA) is 54.0 Å². The Morgan fingerprint density at radius 2 is 1.70 bits per heavy atom. The van der Waals surface area contributed by atoms with Gasteiger partial charge in [-0.2, -0.15) is 0 Å². The van der Waals surface area contributed by atoms with Gasteiger partial charge in [0.2, 0.25) is 0 Å². The van der Waals surface area contributed by atoms with Gasteiger partial charge in [0.25, 0.3) is 0 Å². The molecular weight excluding hydrogens is 423 g/mol. The van der Waals surface area contributed by atoms with Crippen molar-refractivity contribution in [3.05, 3.63) is 101 Å². The summed E-state index contributed by atoms with van der Waals surface area (Å²) in [6.07, 6.45) is 3.45. The first-order valence-electron chi connectivity index (χ1n) is 10.5. The molecule has 0 aliphatic carbocycles. The third kappa shape index (κ3) is 5.41. The maximum Gasteiger partial charge on any atom is 0.343 e. The Balaban J connectivity index is 1.54. The van der Waals surface area contributed by atoms with Crippen molar-refractivity contribution in [1.82, 2.24) is 0 Å². The zero-order valence-electron chi connectivity index (χ0n) is 18.3. The molecule has 0 saturated heterocycles. The van der Waals surface area contributed by atoms with Crippen molar-refractivity contribution in [3.63, 3.8) is 0 Å². The summed E-state index contributed by atoms with van der Waals surface area (Å²) in [5, 5.41) is 0. The van der Waals surface area contributed by atoms with Gasteiger partial charge in [0.05, 0.1) is 19.3 Å². The second-order valence-electron chi connectivity index (χ2n) is 7.28. The molecule has 1 aliphatic rings. The fourth-order valence-electron chi connectivity index (χ4n) is 3.31. The summed E-state index contributed by atoms with van der Waals surface area (Å²) in [6.45, 7) is 2.62. The number of carbonyl (C=O) groups is 1. The molecule has 168 valence electrons. The summed E-state index contributed by atoms with van der Waals surface area (Å²) < 4.78 is 35.3. The molecule has 0 saturated carbocycles. The number of rotatable bonds is 8. The van der Waals surface area contributed by atoms with Crippen molar-refractivity contribution >= 4 is 17.8 Å². The van der Waals surface area contributed by atoms with Crippen LogP contribution >= 0.6 is 0 Å². The van der Waals surface area contributed by atoms with Crippen molar-refractivity contribution in [3.8, 4) is 17.2 Å². The number of methoxy groups -OCH3 is 1. The minimum absolute atomic E-state index is 0.279. The third-order valence-corrected chi connectivity index (χ3v) is 5.00. The zero-order chi connectivity index (χ0) is 23.2. The summed E-state index contributed by atoms with van der Waals surface area (Å²) in [6, 6.07) is 18.9. The van der Waals surface area contributed by atoms with E-state index in [1.165, 1.54) is 12.1 Å². The fourth-order valence-corrected chi connectivity index (χ4v) is 3.31. The first-order chi connectivity index (χ1) is 16.1. The molecule has 0 aromatic heterocycles. The Labute approximate surface area is 191 Å². The lowest BCUT2D eigenvalue weighted by molar-refractivity contribution is -0.130. The molecule has 4 rings (SSSR count). The highest BCUT2D eigenvalue weighted by molar-refractivity contribution is 6.05. The summed E-state index contributed by atoms with van der Waals surface area (Å²) in [5.74, 6) is 1.62. The molecule has 0 radical (unpaired) electrons. The Bertz CT molecular complexity index is 1190. The van der Waals surface area contributed by atoms with E-state index in [0.29, 0.717) is 29.4 Å². The molecule has 0 fully saturated rings. The van der Waals surface area contributed by atoms with Crippen LogP contribution in [0.1, 0.15) is 23.6 Å². The molecular formula is C27H23FO5. The maximum atomic E-state index is 13.1. The largest absolute Gasteiger partial charge is 0.497 e. The molecule has 3 aromatic rings. The molecule has 0 atom stereocenters. The SMILES string of the molecule is CCOc1cc(/C=C2\C=C(c3ccc(OC)cc3)OC2=O)ccc1OCc1ccc(F)cc1. The van der Waals surface area contributed by atoms with E-state index in [-0.39, 0.29) is 12.4 Å². The second kappa shape index (κ2) is 10.0. The van der Waals surface area contributed by atoms with Gasteiger partial charge in [0.1, 0.15) is 23.9 Å². The highest BCUT2D eigenvalue weighted by Crippen LogP contribution is 2.32. The zero-order valence-corrected chi connectivity index (χ0v) is 18.3. The van der Waals surface area contributed by atoms with Crippen molar-refractivity contribution < 1.29 is 28.1 Å². The molecule has 5 nitrogen and oxygen atoms in total. The van der Waals surface area contributed by atoms with Crippen LogP contribution in [0.4, 0.5) is 4.39 Å². The average molecular weight is 446 g/mol. The minimum Gasteiger partial charge on any atom is -0.497 e. The van der Waals surface area contributed by atoms with Crippen molar-refractivity contribution in [2.45, 2.75) is 13.5 Å². The van der Waals surface area contributed by atoms with Crippen LogP contribution in [0.3, 0.4) is 0 Å². The average Bonchev–Trinajstić information content (AvgIpc) is 3.20. The summed E-state index contributed by atoms with van der Waals surface area (Å²) in [7, 11) is 1.60. The Hall–Kier alpha value is -4.06. The van der Waals surface area contributed by atoms with E-state index in [2.05, 4.69) is 0 Å². The number of ether oxygens (including phenoxy) is 4. The molecule has 0 amide bonds. The maximum absolute atomic E-state index is 13.1. The standard InChI is InChI=1S/C27H23FO5/c1-3-31-26-15-19(6-13-24(26)32-17-18-4-9-22(28)10-5-18)14-21-16-25(33-27(21)29)20-7-11-23(30-2)12-8-20/h4-16H,3,17H2,1-2H3/b21-14+. The molecule has 0 spiro atoms. The van der Waals surface area contributed by atoms with E-state index in [9.17, 15) is 9.18 Å². The predicted molar refractivity (Wildman–Crippen MR) is 123 cm³/mol. The molecule has 1 aliphatic heterocycles. The summed E-state index contributed by atoms with van der Waals surface area (Å²) in [5.41, 5.74) is 2.83. The molecule has 1 heterocycles. The van der Waals surface area contributed by atoms with Crippen molar-refractivity contribution in [1.29, 1.82) is 0 Å². The van der Waals surface area contributed by atoms with E-state index >= 15 is 0 Å². The second-order valence-corrected chi connectivity index (χ2v) is 7.28. The molecule has 6 heteroatoms. The molecule has 0 N–H and O–H groups in total. The highest BCUT2D eigenvalue weighted by Gasteiger charge is 2.22. The van der Waals surface area contributed by atoms with E-state index in [1.807, 2.05) is 43.3 Å². The molecule has 3 aromatic carbocycles. The number of hydrogen-bond acceptors (Lipinski definition) is 5.